The third-order valence-corrected chi connectivity index (χ3v) is 5.91. The van der Waals surface area contributed by atoms with Gasteiger partial charge in [-0.05, 0) is 29.2 Å². The number of carbonyl (C=O) groups excluding carboxylic acids is 2. The van der Waals surface area contributed by atoms with E-state index < -0.39 is 0 Å². The van der Waals surface area contributed by atoms with Crippen molar-refractivity contribution >= 4 is 29.3 Å². The average Bonchev–Trinajstić information content (AvgIpc) is 2.62. The molecular formula is C22H28N2O2S. The van der Waals surface area contributed by atoms with Gasteiger partial charge in [-0.1, -0.05) is 56.3 Å². The predicted molar refractivity (Wildman–Crippen MR) is 114 cm³/mol. The highest BCUT2D eigenvalue weighted by molar-refractivity contribution is 7.99. The van der Waals surface area contributed by atoms with Gasteiger partial charge in [0.15, 0.2) is 0 Å². The van der Waals surface area contributed by atoms with E-state index in [-0.39, 0.29) is 23.0 Å². The highest BCUT2D eigenvalue weighted by Crippen LogP contribution is 2.25. The fraction of sp³-hybridized carbons (Fsp3) is 0.364. The zero-order chi connectivity index (χ0) is 19.8. The minimum atomic E-state index is -0.131. The number of hydrogen-bond acceptors (Lipinski definition) is 3. The first-order chi connectivity index (χ1) is 12.9. The van der Waals surface area contributed by atoms with Crippen LogP contribution in [0.2, 0.25) is 0 Å². The van der Waals surface area contributed by atoms with Gasteiger partial charge in [-0.2, -0.15) is 0 Å². The summed E-state index contributed by atoms with van der Waals surface area (Å²) < 4.78 is 0. The molecule has 2 aromatic rings. The minimum Gasteiger partial charge on any atom is -0.342 e. The molecule has 2 aromatic carbocycles. The van der Waals surface area contributed by atoms with Gasteiger partial charge in [-0.25, -0.2) is 0 Å². The Morgan fingerprint density at radius 2 is 1.70 bits per heavy atom. The third kappa shape index (κ3) is 6.75. The van der Waals surface area contributed by atoms with Gasteiger partial charge in [0.05, 0.1) is 5.25 Å². The largest absolute Gasteiger partial charge is 0.342 e. The second-order valence-corrected chi connectivity index (χ2v) is 8.16. The summed E-state index contributed by atoms with van der Waals surface area (Å²) in [4.78, 5) is 25.9. The van der Waals surface area contributed by atoms with Gasteiger partial charge in [-0.3, -0.25) is 9.59 Å². The van der Waals surface area contributed by atoms with Crippen molar-refractivity contribution in [3.63, 3.8) is 0 Å². The molecule has 0 spiro atoms. The van der Waals surface area contributed by atoms with Crippen LogP contribution in [0.1, 0.15) is 31.9 Å². The molecular weight excluding hydrogens is 356 g/mol. The van der Waals surface area contributed by atoms with Crippen LogP contribution in [0.4, 0.5) is 5.69 Å². The summed E-state index contributed by atoms with van der Waals surface area (Å²) in [6.45, 7) is 6.21. The molecule has 4 nitrogen and oxygen atoms in total. The van der Waals surface area contributed by atoms with E-state index in [2.05, 4.69) is 31.3 Å². The minimum absolute atomic E-state index is 0.0154. The van der Waals surface area contributed by atoms with Crippen molar-refractivity contribution in [3.05, 3.63) is 65.7 Å². The lowest BCUT2D eigenvalue weighted by Gasteiger charge is -2.20. The first kappa shape index (κ1) is 21.0. The highest BCUT2D eigenvalue weighted by atomic mass is 32.2. The summed E-state index contributed by atoms with van der Waals surface area (Å²) in [5.41, 5.74) is 2.97. The van der Waals surface area contributed by atoms with Gasteiger partial charge in [0.2, 0.25) is 11.8 Å². The molecule has 0 aromatic heterocycles. The van der Waals surface area contributed by atoms with Crippen LogP contribution < -0.4 is 5.32 Å². The van der Waals surface area contributed by atoms with E-state index in [1.54, 1.807) is 30.6 Å². The van der Waals surface area contributed by atoms with E-state index in [1.165, 1.54) is 5.56 Å². The van der Waals surface area contributed by atoms with Crippen LogP contribution in [0.5, 0.6) is 0 Å². The van der Waals surface area contributed by atoms with E-state index in [4.69, 9.17) is 0 Å². The lowest BCUT2D eigenvalue weighted by Crippen LogP contribution is -2.30. The Balaban J connectivity index is 2.01. The van der Waals surface area contributed by atoms with Crippen molar-refractivity contribution in [1.29, 1.82) is 0 Å². The molecule has 0 saturated heterocycles. The SMILES string of the molecule is CC(=O)N(C)Cc1cccc(NC(=O)[C@H](SCc2ccccc2)C(C)C)c1. The molecule has 5 heteroatoms. The molecule has 0 fully saturated rings. The molecule has 1 N–H and O–H groups in total. The molecule has 0 bridgehead atoms. The Morgan fingerprint density at radius 1 is 1.04 bits per heavy atom. The van der Waals surface area contributed by atoms with Gasteiger partial charge >= 0.3 is 0 Å². The zero-order valence-electron chi connectivity index (χ0n) is 16.4. The Bertz CT molecular complexity index is 762. The molecule has 27 heavy (non-hydrogen) atoms. The number of anilines is 1. The predicted octanol–water partition coefficient (Wildman–Crippen LogP) is 4.56. The maximum absolute atomic E-state index is 12.8. The standard InChI is InChI=1S/C22H28N2O2S/c1-16(2)21(27-15-18-9-6-5-7-10-18)22(26)23-20-12-8-11-19(13-20)14-24(4)17(3)25/h5-13,16,21H,14-15H2,1-4H3,(H,23,26)/t21-/m1/s1. The average molecular weight is 385 g/mol. The van der Waals surface area contributed by atoms with Gasteiger partial charge in [0, 0.05) is 32.0 Å². The maximum atomic E-state index is 12.8. The molecule has 1 atom stereocenters. The van der Waals surface area contributed by atoms with Crippen LogP contribution in [-0.2, 0) is 21.9 Å². The monoisotopic (exact) mass is 384 g/mol. The van der Waals surface area contributed by atoms with Crippen LogP contribution in [0, 0.1) is 5.92 Å². The zero-order valence-corrected chi connectivity index (χ0v) is 17.3. The summed E-state index contributed by atoms with van der Waals surface area (Å²) in [7, 11) is 1.77. The van der Waals surface area contributed by atoms with Crippen molar-refractivity contribution in [2.24, 2.45) is 5.92 Å². The fourth-order valence-corrected chi connectivity index (χ4v) is 3.84. The quantitative estimate of drug-likeness (QED) is 0.726. The molecule has 0 saturated carbocycles. The Labute approximate surface area is 166 Å². The van der Waals surface area contributed by atoms with E-state index in [1.807, 2.05) is 42.5 Å². The van der Waals surface area contributed by atoms with Crippen molar-refractivity contribution in [2.45, 2.75) is 38.3 Å². The second-order valence-electron chi connectivity index (χ2n) is 7.03. The first-order valence-electron chi connectivity index (χ1n) is 9.14. The van der Waals surface area contributed by atoms with Crippen LogP contribution in [0.3, 0.4) is 0 Å². The van der Waals surface area contributed by atoms with Gasteiger partial charge in [-0.15, -0.1) is 11.8 Å². The Morgan fingerprint density at radius 3 is 2.33 bits per heavy atom. The molecule has 0 radical (unpaired) electrons. The highest BCUT2D eigenvalue weighted by Gasteiger charge is 2.23. The summed E-state index contributed by atoms with van der Waals surface area (Å²) in [6, 6.07) is 17.9. The topological polar surface area (TPSA) is 49.4 Å². The first-order valence-corrected chi connectivity index (χ1v) is 10.2. The molecule has 144 valence electrons. The van der Waals surface area contributed by atoms with Crippen molar-refractivity contribution in [1.82, 2.24) is 4.90 Å². The lowest BCUT2D eigenvalue weighted by molar-refractivity contribution is -0.128. The number of amides is 2. The number of rotatable bonds is 8. The molecule has 0 unspecified atom stereocenters. The molecule has 0 aliphatic carbocycles. The number of benzene rings is 2. The Hall–Kier alpha value is -2.27. The van der Waals surface area contributed by atoms with E-state index in [9.17, 15) is 9.59 Å². The molecule has 0 aliphatic rings. The van der Waals surface area contributed by atoms with Crippen LogP contribution >= 0.6 is 11.8 Å². The maximum Gasteiger partial charge on any atom is 0.237 e. The molecule has 0 heterocycles. The number of nitrogens with zero attached hydrogens (tertiary/aromatic N) is 1. The molecule has 2 rings (SSSR count). The number of hydrogen-bond donors (Lipinski definition) is 1. The number of nitrogens with one attached hydrogen (secondary N) is 1. The van der Waals surface area contributed by atoms with Gasteiger partial charge in [0.1, 0.15) is 0 Å². The normalized spacial score (nSPS) is 11.9. The van der Waals surface area contributed by atoms with Crippen LogP contribution in [0.25, 0.3) is 0 Å². The molecule has 2 amide bonds. The molecule has 0 aliphatic heterocycles. The summed E-state index contributed by atoms with van der Waals surface area (Å²) in [6.07, 6.45) is 0. The van der Waals surface area contributed by atoms with Crippen LogP contribution in [0.15, 0.2) is 54.6 Å². The van der Waals surface area contributed by atoms with Crippen molar-refractivity contribution in [3.8, 4) is 0 Å². The Kier molecular flexibility index (Phi) is 7.92. The van der Waals surface area contributed by atoms with Crippen molar-refractivity contribution < 1.29 is 9.59 Å². The summed E-state index contributed by atoms with van der Waals surface area (Å²) in [5.74, 6) is 1.07. The fourth-order valence-electron chi connectivity index (χ4n) is 2.68. The van der Waals surface area contributed by atoms with Gasteiger partial charge in [0.25, 0.3) is 0 Å². The van der Waals surface area contributed by atoms with Crippen LogP contribution in [-0.4, -0.2) is 29.0 Å². The van der Waals surface area contributed by atoms with E-state index in [0.717, 1.165) is 17.0 Å². The lowest BCUT2D eigenvalue weighted by atomic mass is 10.1. The number of thioether (sulfide) groups is 1. The number of carbonyl (C=O) groups is 2. The smallest absolute Gasteiger partial charge is 0.237 e. The van der Waals surface area contributed by atoms with E-state index >= 15 is 0 Å². The van der Waals surface area contributed by atoms with Gasteiger partial charge < -0.3 is 10.2 Å². The second kappa shape index (κ2) is 10.2. The summed E-state index contributed by atoms with van der Waals surface area (Å²) >= 11 is 1.66. The van der Waals surface area contributed by atoms with E-state index in [0.29, 0.717) is 6.54 Å². The van der Waals surface area contributed by atoms with Crippen molar-refractivity contribution in [2.75, 3.05) is 12.4 Å². The third-order valence-electron chi connectivity index (χ3n) is 4.29. The summed E-state index contributed by atoms with van der Waals surface area (Å²) in [5, 5.41) is 2.91.